The summed E-state index contributed by atoms with van der Waals surface area (Å²) in [5.41, 5.74) is 3.04. The zero-order chi connectivity index (χ0) is 22.5. The smallest absolute Gasteiger partial charge is 0.252 e. The first-order valence-corrected chi connectivity index (χ1v) is 10.7. The van der Waals surface area contributed by atoms with Crippen LogP contribution in [0.4, 0.5) is 5.95 Å². The molecular weight excluding hydrogens is 408 g/mol. The third kappa shape index (κ3) is 5.01. The molecule has 1 saturated heterocycles. The van der Waals surface area contributed by atoms with E-state index in [1.54, 1.807) is 6.07 Å². The van der Waals surface area contributed by atoms with E-state index in [-0.39, 0.29) is 25.2 Å². The molecule has 0 radical (unpaired) electrons. The summed E-state index contributed by atoms with van der Waals surface area (Å²) in [6.07, 6.45) is 3.45. The van der Waals surface area contributed by atoms with E-state index in [0.717, 1.165) is 28.7 Å². The van der Waals surface area contributed by atoms with Crippen molar-refractivity contribution in [2.45, 2.75) is 12.6 Å². The Labute approximate surface area is 187 Å². The van der Waals surface area contributed by atoms with Crippen LogP contribution in [-0.2, 0) is 11.3 Å². The molecule has 1 aliphatic heterocycles. The highest BCUT2D eigenvalue weighted by molar-refractivity contribution is 6.06. The largest absolute Gasteiger partial charge is 0.395 e. The van der Waals surface area contributed by atoms with Gasteiger partial charge in [0.2, 0.25) is 5.95 Å². The fourth-order valence-electron chi connectivity index (χ4n) is 3.76. The van der Waals surface area contributed by atoms with Gasteiger partial charge in [0.15, 0.2) is 0 Å². The van der Waals surface area contributed by atoms with Crippen LogP contribution in [0.25, 0.3) is 10.9 Å². The molecule has 1 fully saturated rings. The maximum Gasteiger partial charge on any atom is 0.252 e. The molecule has 32 heavy (non-hydrogen) atoms. The first-order chi connectivity index (χ1) is 15.5. The van der Waals surface area contributed by atoms with Crippen molar-refractivity contribution in [2.75, 3.05) is 51.8 Å². The SMILES string of the molecule is CN(C)c1ncc(CN2CCO[C@H](c3cc(C(=O)NCCO)c4ccccc4n3)C2)cn1. The van der Waals surface area contributed by atoms with Crippen LogP contribution in [0.3, 0.4) is 0 Å². The van der Waals surface area contributed by atoms with E-state index in [2.05, 4.69) is 20.2 Å². The monoisotopic (exact) mass is 436 g/mol. The number of para-hydroxylation sites is 1. The van der Waals surface area contributed by atoms with Gasteiger partial charge in [0, 0.05) is 63.6 Å². The van der Waals surface area contributed by atoms with E-state index in [0.29, 0.717) is 31.2 Å². The van der Waals surface area contributed by atoms with Crippen LogP contribution in [0.1, 0.15) is 27.7 Å². The molecular formula is C23H28N6O3. The number of aromatic nitrogens is 3. The summed E-state index contributed by atoms with van der Waals surface area (Å²) in [7, 11) is 3.83. The van der Waals surface area contributed by atoms with Crippen LogP contribution in [-0.4, -0.2) is 77.8 Å². The Bertz CT molecular complexity index is 1070. The summed E-state index contributed by atoms with van der Waals surface area (Å²) in [4.78, 5) is 30.4. The van der Waals surface area contributed by atoms with E-state index in [1.165, 1.54) is 0 Å². The van der Waals surface area contributed by atoms with E-state index in [1.807, 2.05) is 55.7 Å². The van der Waals surface area contributed by atoms with Crippen molar-refractivity contribution in [3.8, 4) is 0 Å². The Hall–Kier alpha value is -3.14. The molecule has 0 bridgehead atoms. The molecule has 1 atom stereocenters. The van der Waals surface area contributed by atoms with Gasteiger partial charge in [0.1, 0.15) is 6.10 Å². The minimum atomic E-state index is -0.250. The summed E-state index contributed by atoms with van der Waals surface area (Å²) in [5.74, 6) is 0.450. The third-order valence-electron chi connectivity index (χ3n) is 5.36. The number of amides is 1. The fourth-order valence-corrected chi connectivity index (χ4v) is 3.76. The zero-order valence-electron chi connectivity index (χ0n) is 18.4. The van der Waals surface area contributed by atoms with Gasteiger partial charge in [-0.1, -0.05) is 18.2 Å². The van der Waals surface area contributed by atoms with Crippen LogP contribution in [0, 0.1) is 0 Å². The Morgan fingerprint density at radius 1 is 1.28 bits per heavy atom. The molecule has 2 aromatic heterocycles. The number of hydrogen-bond donors (Lipinski definition) is 2. The number of pyridine rings is 1. The van der Waals surface area contributed by atoms with Crippen LogP contribution in [0.15, 0.2) is 42.7 Å². The lowest BCUT2D eigenvalue weighted by Crippen LogP contribution is -2.38. The normalized spacial score (nSPS) is 16.8. The van der Waals surface area contributed by atoms with Gasteiger partial charge in [-0.15, -0.1) is 0 Å². The van der Waals surface area contributed by atoms with Crippen LogP contribution in [0.2, 0.25) is 0 Å². The molecule has 4 rings (SSSR count). The topological polar surface area (TPSA) is 104 Å². The van der Waals surface area contributed by atoms with Gasteiger partial charge in [-0.05, 0) is 12.1 Å². The fraction of sp³-hybridized carbons (Fsp3) is 0.391. The predicted octanol–water partition coefficient (Wildman–Crippen LogP) is 1.39. The number of benzene rings is 1. The van der Waals surface area contributed by atoms with Crippen LogP contribution in [0.5, 0.6) is 0 Å². The van der Waals surface area contributed by atoms with E-state index in [9.17, 15) is 4.79 Å². The Morgan fingerprint density at radius 3 is 2.81 bits per heavy atom. The maximum atomic E-state index is 12.7. The van der Waals surface area contributed by atoms with Crippen molar-refractivity contribution < 1.29 is 14.6 Å². The van der Waals surface area contributed by atoms with Gasteiger partial charge in [-0.2, -0.15) is 0 Å². The van der Waals surface area contributed by atoms with Crippen LogP contribution >= 0.6 is 0 Å². The number of hydrogen-bond acceptors (Lipinski definition) is 8. The number of carbonyl (C=O) groups is 1. The number of nitrogens with zero attached hydrogens (tertiary/aromatic N) is 5. The number of fused-ring (bicyclic) bond motifs is 1. The molecule has 0 aliphatic carbocycles. The number of aliphatic hydroxyl groups is 1. The second kappa shape index (κ2) is 9.99. The summed E-state index contributed by atoms with van der Waals surface area (Å²) in [6.45, 7) is 2.82. The molecule has 9 nitrogen and oxygen atoms in total. The molecule has 168 valence electrons. The quantitative estimate of drug-likeness (QED) is 0.573. The zero-order valence-corrected chi connectivity index (χ0v) is 18.4. The van der Waals surface area contributed by atoms with Crippen molar-refractivity contribution in [1.82, 2.24) is 25.2 Å². The molecule has 3 aromatic rings. The predicted molar refractivity (Wildman–Crippen MR) is 121 cm³/mol. The molecule has 2 N–H and O–H groups in total. The van der Waals surface area contributed by atoms with E-state index in [4.69, 9.17) is 14.8 Å². The summed E-state index contributed by atoms with van der Waals surface area (Å²) < 4.78 is 6.03. The number of anilines is 1. The Balaban J connectivity index is 1.54. The summed E-state index contributed by atoms with van der Waals surface area (Å²) in [5, 5.41) is 12.6. The molecule has 0 saturated carbocycles. The van der Waals surface area contributed by atoms with E-state index >= 15 is 0 Å². The highest BCUT2D eigenvalue weighted by Gasteiger charge is 2.25. The van der Waals surface area contributed by atoms with E-state index < -0.39 is 0 Å². The lowest BCUT2D eigenvalue weighted by molar-refractivity contribution is -0.0349. The summed E-state index contributed by atoms with van der Waals surface area (Å²) in [6, 6.07) is 9.37. The number of carbonyl (C=O) groups excluding carboxylic acids is 1. The Morgan fingerprint density at radius 2 is 2.06 bits per heavy atom. The van der Waals surface area contributed by atoms with Crippen molar-refractivity contribution in [2.24, 2.45) is 0 Å². The van der Waals surface area contributed by atoms with Crippen molar-refractivity contribution in [3.63, 3.8) is 0 Å². The van der Waals surface area contributed by atoms with Gasteiger partial charge in [0.25, 0.3) is 5.91 Å². The average molecular weight is 437 g/mol. The standard InChI is InChI=1S/C23H28N6O3/c1-28(2)23-25-12-16(13-26-23)14-29-8-10-32-21(15-29)20-11-18(22(31)24-7-9-30)17-5-3-4-6-19(17)27-20/h3-6,11-13,21,30H,7-10,14-15H2,1-2H3,(H,24,31)/t21-/m0/s1. The second-order valence-electron chi connectivity index (χ2n) is 7.97. The number of aliphatic hydroxyl groups excluding tert-OH is 1. The number of rotatable bonds is 7. The van der Waals surface area contributed by atoms with Gasteiger partial charge < -0.3 is 20.1 Å². The van der Waals surface area contributed by atoms with Gasteiger partial charge in [-0.3, -0.25) is 9.69 Å². The number of ether oxygens (including phenoxy) is 1. The van der Waals surface area contributed by atoms with Gasteiger partial charge in [-0.25, -0.2) is 15.0 Å². The second-order valence-corrected chi connectivity index (χ2v) is 7.97. The molecule has 0 spiro atoms. The minimum Gasteiger partial charge on any atom is -0.395 e. The van der Waals surface area contributed by atoms with Gasteiger partial charge >= 0.3 is 0 Å². The molecule has 0 unspecified atom stereocenters. The highest BCUT2D eigenvalue weighted by Crippen LogP contribution is 2.26. The third-order valence-corrected chi connectivity index (χ3v) is 5.36. The van der Waals surface area contributed by atoms with Crippen molar-refractivity contribution in [3.05, 3.63) is 59.5 Å². The van der Waals surface area contributed by atoms with Crippen molar-refractivity contribution in [1.29, 1.82) is 0 Å². The Kier molecular flexibility index (Phi) is 6.89. The minimum absolute atomic E-state index is 0.110. The molecule has 3 heterocycles. The lowest BCUT2D eigenvalue weighted by atomic mass is 10.0. The molecule has 1 aromatic carbocycles. The van der Waals surface area contributed by atoms with Gasteiger partial charge in [0.05, 0.1) is 30.0 Å². The van der Waals surface area contributed by atoms with Crippen LogP contribution < -0.4 is 10.2 Å². The summed E-state index contributed by atoms with van der Waals surface area (Å²) >= 11 is 0. The molecule has 1 amide bonds. The molecule has 9 heteroatoms. The maximum absolute atomic E-state index is 12.7. The number of nitrogens with one attached hydrogen (secondary N) is 1. The first kappa shape index (κ1) is 22.1. The average Bonchev–Trinajstić information content (AvgIpc) is 2.82. The van der Waals surface area contributed by atoms with Crippen molar-refractivity contribution >= 4 is 22.8 Å². The molecule has 1 aliphatic rings. The lowest BCUT2D eigenvalue weighted by Gasteiger charge is -2.32. The first-order valence-electron chi connectivity index (χ1n) is 10.7. The highest BCUT2D eigenvalue weighted by atomic mass is 16.5. The number of morpholine rings is 1.